The maximum atomic E-state index is 11.3. The highest BCUT2D eigenvalue weighted by molar-refractivity contribution is 5.75. The zero-order valence-corrected chi connectivity index (χ0v) is 11.4. The lowest BCUT2D eigenvalue weighted by Gasteiger charge is -2.15. The van der Waals surface area contributed by atoms with Crippen LogP contribution in [0.25, 0.3) is 0 Å². The lowest BCUT2D eigenvalue weighted by atomic mass is 9.98. The van der Waals surface area contributed by atoms with Gasteiger partial charge in [0.15, 0.2) is 0 Å². The molecule has 1 rings (SSSR count). The zero-order chi connectivity index (χ0) is 13.7. The van der Waals surface area contributed by atoms with E-state index in [1.807, 2.05) is 18.2 Å². The number of rotatable bonds is 5. The van der Waals surface area contributed by atoms with Crippen molar-refractivity contribution >= 4 is 5.97 Å². The fraction of sp³-hybridized carbons (Fsp3) is 0.500. The second kappa shape index (κ2) is 6.40. The van der Waals surface area contributed by atoms with Gasteiger partial charge in [-0.15, -0.1) is 0 Å². The Hall–Kier alpha value is -1.55. The van der Waals surface area contributed by atoms with E-state index in [1.54, 1.807) is 7.11 Å². The number of nitrogens with two attached hydrogens (primary N) is 1. The van der Waals surface area contributed by atoms with Gasteiger partial charge in [-0.1, -0.05) is 26.0 Å². The number of methoxy groups -OCH3 is 2. The third kappa shape index (κ3) is 3.47. The van der Waals surface area contributed by atoms with Crippen molar-refractivity contribution in [3.05, 3.63) is 29.3 Å². The first-order valence-corrected chi connectivity index (χ1v) is 5.99. The summed E-state index contributed by atoms with van der Waals surface area (Å²) < 4.78 is 9.96. The van der Waals surface area contributed by atoms with E-state index in [-0.39, 0.29) is 0 Å². The van der Waals surface area contributed by atoms with E-state index in [0.717, 1.165) is 11.3 Å². The Morgan fingerprint density at radius 2 is 2.00 bits per heavy atom. The lowest BCUT2D eigenvalue weighted by Crippen LogP contribution is -2.33. The van der Waals surface area contributed by atoms with Gasteiger partial charge in [0.05, 0.1) is 14.2 Å². The number of esters is 1. The van der Waals surface area contributed by atoms with Gasteiger partial charge in [-0.3, -0.25) is 4.79 Å². The average molecular weight is 251 g/mol. The van der Waals surface area contributed by atoms with Crippen LogP contribution >= 0.6 is 0 Å². The summed E-state index contributed by atoms with van der Waals surface area (Å²) in [5.41, 5.74) is 7.86. The number of ether oxygens (including phenoxy) is 2. The second-order valence-electron chi connectivity index (χ2n) is 4.56. The molecule has 0 heterocycles. The molecule has 1 aromatic carbocycles. The highest BCUT2D eigenvalue weighted by atomic mass is 16.5. The van der Waals surface area contributed by atoms with Gasteiger partial charge in [-0.25, -0.2) is 0 Å². The number of benzene rings is 1. The molecule has 0 radical (unpaired) electrons. The summed E-state index contributed by atoms with van der Waals surface area (Å²) in [7, 11) is 2.95. The van der Waals surface area contributed by atoms with E-state index in [2.05, 4.69) is 18.6 Å². The van der Waals surface area contributed by atoms with Crippen LogP contribution in [-0.4, -0.2) is 26.2 Å². The minimum atomic E-state index is -0.659. The summed E-state index contributed by atoms with van der Waals surface area (Å²) in [6.07, 6.45) is 0.411. The average Bonchev–Trinajstić information content (AvgIpc) is 2.37. The van der Waals surface area contributed by atoms with E-state index in [1.165, 1.54) is 12.7 Å². The number of hydrogen-bond acceptors (Lipinski definition) is 4. The van der Waals surface area contributed by atoms with Crippen molar-refractivity contribution in [3.63, 3.8) is 0 Å². The Morgan fingerprint density at radius 1 is 1.33 bits per heavy atom. The minimum Gasteiger partial charge on any atom is -0.496 e. The number of carbonyl (C=O) groups is 1. The van der Waals surface area contributed by atoms with Crippen molar-refractivity contribution in [2.75, 3.05) is 14.2 Å². The molecule has 0 fully saturated rings. The van der Waals surface area contributed by atoms with Crippen LogP contribution in [0.5, 0.6) is 5.75 Å². The van der Waals surface area contributed by atoms with Crippen molar-refractivity contribution in [1.82, 2.24) is 0 Å². The van der Waals surface area contributed by atoms with E-state index < -0.39 is 12.0 Å². The van der Waals surface area contributed by atoms with Crippen LogP contribution in [0.2, 0.25) is 0 Å². The summed E-state index contributed by atoms with van der Waals surface area (Å²) in [5.74, 6) is 0.785. The predicted octanol–water partition coefficient (Wildman–Crippen LogP) is 1.86. The Labute approximate surface area is 108 Å². The van der Waals surface area contributed by atoms with Crippen LogP contribution < -0.4 is 10.5 Å². The first-order chi connectivity index (χ1) is 8.49. The summed E-state index contributed by atoms with van der Waals surface area (Å²) >= 11 is 0. The molecule has 0 aliphatic carbocycles. The van der Waals surface area contributed by atoms with Gasteiger partial charge < -0.3 is 15.2 Å². The highest BCUT2D eigenvalue weighted by Crippen LogP contribution is 2.25. The first-order valence-electron chi connectivity index (χ1n) is 5.99. The van der Waals surface area contributed by atoms with Gasteiger partial charge in [-0.2, -0.15) is 0 Å². The largest absolute Gasteiger partial charge is 0.496 e. The van der Waals surface area contributed by atoms with Crippen LogP contribution in [0.4, 0.5) is 0 Å². The van der Waals surface area contributed by atoms with Crippen LogP contribution in [0.3, 0.4) is 0 Å². The smallest absolute Gasteiger partial charge is 0.322 e. The Bertz CT molecular complexity index is 416. The number of hydrogen-bond donors (Lipinski definition) is 1. The molecule has 1 atom stereocenters. The van der Waals surface area contributed by atoms with Crippen molar-refractivity contribution in [2.45, 2.75) is 32.2 Å². The molecule has 0 spiro atoms. The van der Waals surface area contributed by atoms with Crippen LogP contribution in [0.15, 0.2) is 18.2 Å². The van der Waals surface area contributed by atoms with Crippen molar-refractivity contribution in [2.24, 2.45) is 5.73 Å². The maximum absolute atomic E-state index is 11.3. The van der Waals surface area contributed by atoms with Gasteiger partial charge in [0.1, 0.15) is 11.8 Å². The molecule has 1 aromatic rings. The highest BCUT2D eigenvalue weighted by Gasteiger charge is 2.17. The summed E-state index contributed by atoms with van der Waals surface area (Å²) in [6.45, 7) is 4.24. The third-order valence-electron chi connectivity index (χ3n) is 2.92. The molecule has 0 saturated heterocycles. The molecular weight excluding hydrogens is 230 g/mol. The molecule has 0 aliphatic heterocycles. The fourth-order valence-electron chi connectivity index (χ4n) is 1.76. The van der Waals surface area contributed by atoms with Crippen LogP contribution in [-0.2, 0) is 16.0 Å². The molecule has 4 nitrogen and oxygen atoms in total. The lowest BCUT2D eigenvalue weighted by molar-refractivity contribution is -0.142. The van der Waals surface area contributed by atoms with Gasteiger partial charge in [0.2, 0.25) is 0 Å². The van der Waals surface area contributed by atoms with E-state index in [4.69, 9.17) is 10.5 Å². The van der Waals surface area contributed by atoms with Crippen molar-refractivity contribution < 1.29 is 14.3 Å². The molecule has 0 aromatic heterocycles. The van der Waals surface area contributed by atoms with Gasteiger partial charge in [-0.05, 0) is 23.1 Å². The minimum absolute atomic E-state index is 0.411. The first kappa shape index (κ1) is 14.5. The SMILES string of the molecule is COC(=O)C(N)Cc1ccc(C(C)C)cc1OC. The monoisotopic (exact) mass is 251 g/mol. The standard InChI is InChI=1S/C14H21NO3/c1-9(2)10-5-6-11(13(8-10)17-3)7-12(15)14(16)18-4/h5-6,8-9,12H,7,15H2,1-4H3. The zero-order valence-electron chi connectivity index (χ0n) is 11.4. The Kier molecular flexibility index (Phi) is 5.16. The summed E-state index contributed by atoms with van der Waals surface area (Å²) in [5, 5.41) is 0. The van der Waals surface area contributed by atoms with E-state index in [0.29, 0.717) is 12.3 Å². The molecular formula is C14H21NO3. The molecule has 18 heavy (non-hydrogen) atoms. The molecule has 0 saturated carbocycles. The Morgan fingerprint density at radius 3 is 2.50 bits per heavy atom. The van der Waals surface area contributed by atoms with E-state index in [9.17, 15) is 4.79 Å². The van der Waals surface area contributed by atoms with Crippen molar-refractivity contribution in [3.8, 4) is 5.75 Å². The van der Waals surface area contributed by atoms with Crippen LogP contribution in [0.1, 0.15) is 30.9 Å². The molecule has 0 aliphatic rings. The van der Waals surface area contributed by atoms with Gasteiger partial charge >= 0.3 is 5.97 Å². The van der Waals surface area contributed by atoms with Gasteiger partial charge in [0.25, 0.3) is 0 Å². The van der Waals surface area contributed by atoms with Crippen LogP contribution in [0, 0.1) is 0 Å². The predicted molar refractivity (Wildman–Crippen MR) is 70.8 cm³/mol. The molecule has 0 amide bonds. The van der Waals surface area contributed by atoms with E-state index >= 15 is 0 Å². The molecule has 0 bridgehead atoms. The second-order valence-corrected chi connectivity index (χ2v) is 4.56. The maximum Gasteiger partial charge on any atom is 0.322 e. The topological polar surface area (TPSA) is 61.5 Å². The molecule has 4 heteroatoms. The van der Waals surface area contributed by atoms with Gasteiger partial charge in [0, 0.05) is 6.42 Å². The molecule has 100 valence electrons. The fourth-order valence-corrected chi connectivity index (χ4v) is 1.76. The Balaban J connectivity index is 2.92. The normalized spacial score (nSPS) is 12.3. The van der Waals surface area contributed by atoms with Crippen molar-refractivity contribution in [1.29, 1.82) is 0 Å². The summed E-state index contributed by atoms with van der Waals surface area (Å²) in [6, 6.07) is 5.32. The summed E-state index contributed by atoms with van der Waals surface area (Å²) in [4.78, 5) is 11.3. The molecule has 1 unspecified atom stereocenters. The third-order valence-corrected chi connectivity index (χ3v) is 2.92. The quantitative estimate of drug-likeness (QED) is 0.811. The number of carbonyl (C=O) groups excluding carboxylic acids is 1. The molecule has 2 N–H and O–H groups in total.